The van der Waals surface area contributed by atoms with Crippen LogP contribution >= 0.6 is 23.8 Å². The summed E-state index contributed by atoms with van der Waals surface area (Å²) >= 11 is 11.3. The number of nitrogens with zero attached hydrogens (tertiary/aromatic N) is 1. The van der Waals surface area contributed by atoms with Gasteiger partial charge in [-0.05, 0) is 62.5 Å². The van der Waals surface area contributed by atoms with Crippen LogP contribution in [-0.2, 0) is 9.59 Å². The summed E-state index contributed by atoms with van der Waals surface area (Å²) in [4.78, 5) is 26.7. The Balaban J connectivity index is 2.04. The Hall–Kier alpha value is -2.70. The number of aryl methyl sites for hydroxylation is 1. The van der Waals surface area contributed by atoms with Gasteiger partial charge in [0.1, 0.15) is 11.3 Å². The van der Waals surface area contributed by atoms with Gasteiger partial charge in [-0.25, -0.2) is 0 Å². The van der Waals surface area contributed by atoms with Crippen molar-refractivity contribution in [3.8, 4) is 5.75 Å². The van der Waals surface area contributed by atoms with Crippen LogP contribution in [0.5, 0.6) is 5.75 Å². The molecule has 2 aromatic rings. The molecule has 1 heterocycles. The number of halogens is 1. The zero-order valence-electron chi connectivity index (χ0n) is 14.8. The fourth-order valence-electron chi connectivity index (χ4n) is 2.66. The second-order valence-corrected chi connectivity index (χ2v) is 6.73. The Kier molecular flexibility index (Phi) is 5.58. The van der Waals surface area contributed by atoms with Gasteiger partial charge in [-0.1, -0.05) is 29.3 Å². The number of benzene rings is 2. The molecule has 1 fully saturated rings. The summed E-state index contributed by atoms with van der Waals surface area (Å²) in [6.07, 6.45) is 1.47. The number of rotatable bonds is 4. The first-order valence-corrected chi connectivity index (χ1v) is 9.10. The number of thiocarbonyl (C=S) groups is 1. The van der Waals surface area contributed by atoms with Crippen molar-refractivity contribution in [3.05, 3.63) is 64.2 Å². The maximum Gasteiger partial charge on any atom is 0.270 e. The van der Waals surface area contributed by atoms with Crippen LogP contribution in [0.2, 0.25) is 5.02 Å². The van der Waals surface area contributed by atoms with E-state index in [1.54, 1.807) is 30.3 Å². The van der Waals surface area contributed by atoms with Gasteiger partial charge < -0.3 is 4.74 Å². The first-order chi connectivity index (χ1) is 12.9. The summed E-state index contributed by atoms with van der Waals surface area (Å²) in [5.41, 5.74) is 2.12. The van der Waals surface area contributed by atoms with Gasteiger partial charge in [0.2, 0.25) is 0 Å². The van der Waals surface area contributed by atoms with Crippen LogP contribution in [0, 0.1) is 6.92 Å². The van der Waals surface area contributed by atoms with Crippen molar-refractivity contribution in [1.29, 1.82) is 0 Å². The molecule has 0 saturated carbocycles. The Morgan fingerprint density at radius 3 is 2.56 bits per heavy atom. The van der Waals surface area contributed by atoms with Crippen LogP contribution < -0.4 is 15.0 Å². The lowest BCUT2D eigenvalue weighted by atomic mass is 10.1. The molecule has 2 amide bonds. The number of anilines is 1. The summed E-state index contributed by atoms with van der Waals surface area (Å²) in [5.74, 6) is -0.532. The van der Waals surface area contributed by atoms with E-state index in [9.17, 15) is 9.59 Å². The molecule has 1 saturated heterocycles. The standard InChI is InChI=1S/C20H17ClN2O3S/c1-3-26-17-9-6-14(21)10-13(17)11-16-18(24)22-20(27)23(19(16)25)15-7-4-12(2)5-8-15/h4-11H,3H2,1-2H3,(H,22,24,27)/b16-11+. The molecule has 1 N–H and O–H groups in total. The number of hydrogen-bond acceptors (Lipinski definition) is 4. The highest BCUT2D eigenvalue weighted by atomic mass is 35.5. The van der Waals surface area contributed by atoms with E-state index in [0.29, 0.717) is 28.6 Å². The van der Waals surface area contributed by atoms with Crippen molar-refractivity contribution in [2.24, 2.45) is 0 Å². The molecule has 3 rings (SSSR count). The first kappa shape index (κ1) is 19.1. The highest BCUT2D eigenvalue weighted by Crippen LogP contribution is 2.28. The average molecular weight is 401 g/mol. The van der Waals surface area contributed by atoms with E-state index in [4.69, 9.17) is 28.6 Å². The quantitative estimate of drug-likeness (QED) is 0.480. The molecule has 0 aliphatic carbocycles. The van der Waals surface area contributed by atoms with Crippen molar-refractivity contribution in [1.82, 2.24) is 5.32 Å². The third-order valence-electron chi connectivity index (χ3n) is 3.97. The minimum atomic E-state index is -0.559. The highest BCUT2D eigenvalue weighted by Gasteiger charge is 2.34. The van der Waals surface area contributed by atoms with E-state index in [1.807, 2.05) is 26.0 Å². The fourth-order valence-corrected chi connectivity index (χ4v) is 3.12. The summed E-state index contributed by atoms with van der Waals surface area (Å²) < 4.78 is 5.56. The Morgan fingerprint density at radius 2 is 1.89 bits per heavy atom. The van der Waals surface area contributed by atoms with Crippen molar-refractivity contribution >= 4 is 52.5 Å². The van der Waals surface area contributed by atoms with Gasteiger partial charge in [0, 0.05) is 10.6 Å². The molecular formula is C20H17ClN2O3S. The molecule has 1 aliphatic rings. The lowest BCUT2D eigenvalue weighted by molar-refractivity contribution is -0.122. The van der Waals surface area contributed by atoms with E-state index in [1.165, 1.54) is 11.0 Å². The summed E-state index contributed by atoms with van der Waals surface area (Å²) in [7, 11) is 0. The van der Waals surface area contributed by atoms with Gasteiger partial charge in [-0.15, -0.1) is 0 Å². The molecule has 1 aliphatic heterocycles. The highest BCUT2D eigenvalue weighted by molar-refractivity contribution is 7.80. The molecule has 0 aromatic heterocycles. The molecule has 0 atom stereocenters. The smallest absolute Gasteiger partial charge is 0.270 e. The van der Waals surface area contributed by atoms with E-state index in [0.717, 1.165) is 5.56 Å². The van der Waals surface area contributed by atoms with Crippen molar-refractivity contribution < 1.29 is 14.3 Å². The Morgan fingerprint density at radius 1 is 1.19 bits per heavy atom. The summed E-state index contributed by atoms with van der Waals surface area (Å²) in [6, 6.07) is 12.3. The number of ether oxygens (including phenoxy) is 1. The SMILES string of the molecule is CCOc1ccc(Cl)cc1/C=C1\C(=O)NC(=S)N(c2ccc(C)cc2)C1=O. The predicted octanol–water partition coefficient (Wildman–Crippen LogP) is 3.88. The normalized spacial score (nSPS) is 15.9. The van der Waals surface area contributed by atoms with Crippen LogP contribution in [-0.4, -0.2) is 23.5 Å². The van der Waals surface area contributed by atoms with Crippen LogP contribution in [0.3, 0.4) is 0 Å². The first-order valence-electron chi connectivity index (χ1n) is 8.31. The zero-order valence-corrected chi connectivity index (χ0v) is 16.4. The fraction of sp³-hybridized carbons (Fsp3) is 0.150. The third kappa shape index (κ3) is 4.02. The van der Waals surface area contributed by atoms with Crippen LogP contribution in [0.25, 0.3) is 6.08 Å². The maximum absolute atomic E-state index is 13.0. The van der Waals surface area contributed by atoms with Gasteiger partial charge in [0.25, 0.3) is 11.8 Å². The lowest BCUT2D eigenvalue weighted by Crippen LogP contribution is -2.54. The molecule has 27 heavy (non-hydrogen) atoms. The van der Waals surface area contributed by atoms with Gasteiger partial charge in [0.05, 0.1) is 12.3 Å². The number of carbonyl (C=O) groups excluding carboxylic acids is 2. The minimum Gasteiger partial charge on any atom is -0.493 e. The monoisotopic (exact) mass is 400 g/mol. The molecular weight excluding hydrogens is 384 g/mol. The van der Waals surface area contributed by atoms with E-state index in [-0.39, 0.29) is 10.7 Å². The maximum atomic E-state index is 13.0. The average Bonchev–Trinajstić information content (AvgIpc) is 2.62. The van der Waals surface area contributed by atoms with Crippen LogP contribution in [0.4, 0.5) is 5.69 Å². The van der Waals surface area contributed by atoms with E-state index in [2.05, 4.69) is 5.32 Å². The second kappa shape index (κ2) is 7.90. The van der Waals surface area contributed by atoms with Gasteiger partial charge in [-0.3, -0.25) is 19.8 Å². The molecule has 5 nitrogen and oxygen atoms in total. The van der Waals surface area contributed by atoms with Crippen LogP contribution in [0.1, 0.15) is 18.1 Å². The molecule has 0 radical (unpaired) electrons. The van der Waals surface area contributed by atoms with Crippen molar-refractivity contribution in [2.45, 2.75) is 13.8 Å². The van der Waals surface area contributed by atoms with E-state index < -0.39 is 11.8 Å². The topological polar surface area (TPSA) is 58.6 Å². The van der Waals surface area contributed by atoms with Crippen molar-refractivity contribution in [2.75, 3.05) is 11.5 Å². The van der Waals surface area contributed by atoms with Gasteiger partial charge >= 0.3 is 0 Å². The van der Waals surface area contributed by atoms with Crippen LogP contribution in [0.15, 0.2) is 48.0 Å². The molecule has 2 aromatic carbocycles. The minimum absolute atomic E-state index is 0.0436. The van der Waals surface area contributed by atoms with Gasteiger partial charge in [-0.2, -0.15) is 0 Å². The summed E-state index contributed by atoms with van der Waals surface area (Å²) in [5, 5.41) is 3.08. The molecule has 0 unspecified atom stereocenters. The number of hydrogen-bond donors (Lipinski definition) is 1. The van der Waals surface area contributed by atoms with Gasteiger partial charge in [0.15, 0.2) is 5.11 Å². The summed E-state index contributed by atoms with van der Waals surface area (Å²) in [6.45, 7) is 4.24. The second-order valence-electron chi connectivity index (χ2n) is 5.91. The molecule has 0 bridgehead atoms. The third-order valence-corrected chi connectivity index (χ3v) is 4.49. The number of nitrogens with one attached hydrogen (secondary N) is 1. The largest absolute Gasteiger partial charge is 0.493 e. The number of amides is 2. The van der Waals surface area contributed by atoms with E-state index >= 15 is 0 Å². The molecule has 7 heteroatoms. The Labute approximate surface area is 167 Å². The lowest BCUT2D eigenvalue weighted by Gasteiger charge is -2.29. The Bertz CT molecular complexity index is 954. The molecule has 0 spiro atoms. The number of carbonyl (C=O) groups is 2. The molecule has 138 valence electrons. The predicted molar refractivity (Wildman–Crippen MR) is 110 cm³/mol. The van der Waals surface area contributed by atoms with Crippen molar-refractivity contribution in [3.63, 3.8) is 0 Å². The zero-order chi connectivity index (χ0) is 19.6.